The Morgan fingerprint density at radius 2 is 1.93 bits per heavy atom. The van der Waals surface area contributed by atoms with Crippen LogP contribution in [0.3, 0.4) is 0 Å². The van der Waals surface area contributed by atoms with Crippen LogP contribution in [0.4, 0.5) is 0 Å². The van der Waals surface area contributed by atoms with E-state index in [1.165, 1.54) is 7.11 Å². The van der Waals surface area contributed by atoms with E-state index in [0.717, 1.165) is 14.5 Å². The molecule has 2 nitrogen and oxygen atoms in total. The molecule has 0 saturated carbocycles. The van der Waals surface area contributed by atoms with Crippen LogP contribution in [-0.4, -0.2) is 17.9 Å². The van der Waals surface area contributed by atoms with Crippen molar-refractivity contribution in [1.29, 1.82) is 0 Å². The molecule has 15 heavy (non-hydrogen) atoms. The van der Waals surface area contributed by atoms with Crippen molar-refractivity contribution in [1.82, 2.24) is 0 Å². The van der Waals surface area contributed by atoms with Crippen molar-refractivity contribution in [2.24, 2.45) is 0 Å². The summed E-state index contributed by atoms with van der Waals surface area (Å²) in [4.78, 5) is 10.9. The second-order valence-electron chi connectivity index (χ2n) is 2.90. The lowest BCUT2D eigenvalue weighted by Gasteiger charge is -2.10. The summed E-state index contributed by atoms with van der Waals surface area (Å²) in [5.74, 6) is -0.266. The summed E-state index contributed by atoms with van der Waals surface area (Å²) in [7, 11) is 1.38. The van der Waals surface area contributed by atoms with Crippen molar-refractivity contribution in [3.63, 3.8) is 0 Å². The number of carbonyl (C=O) groups is 1. The van der Waals surface area contributed by atoms with Crippen LogP contribution in [0.1, 0.15) is 5.56 Å². The minimum Gasteiger partial charge on any atom is -0.468 e. The Kier molecular flexibility index (Phi) is 5.29. The Labute approximate surface area is 114 Å². The molecule has 0 heterocycles. The second kappa shape index (κ2) is 6.01. The number of halogens is 3. The summed E-state index contributed by atoms with van der Waals surface area (Å²) in [5.41, 5.74) is 1.05. The Morgan fingerprint density at radius 1 is 1.40 bits per heavy atom. The van der Waals surface area contributed by atoms with Crippen molar-refractivity contribution in [2.75, 3.05) is 7.11 Å². The standard InChI is InChI=1S/C10H9Br3O2/c1-15-10(14)9(13)5-6-7(11)3-2-4-8(6)12/h2-4,9H,5H2,1H3. The molecule has 0 aliphatic heterocycles. The van der Waals surface area contributed by atoms with Gasteiger partial charge in [0.1, 0.15) is 4.83 Å². The first kappa shape index (κ1) is 13.2. The molecule has 1 atom stereocenters. The zero-order valence-corrected chi connectivity index (χ0v) is 12.7. The summed E-state index contributed by atoms with van der Waals surface area (Å²) >= 11 is 10.2. The van der Waals surface area contributed by atoms with Crippen LogP contribution in [0.25, 0.3) is 0 Å². The highest BCUT2D eigenvalue weighted by Crippen LogP contribution is 2.27. The van der Waals surface area contributed by atoms with Gasteiger partial charge in [-0.3, -0.25) is 4.79 Å². The number of esters is 1. The maximum absolute atomic E-state index is 11.2. The molecular formula is C10H9Br3O2. The van der Waals surface area contributed by atoms with Crippen LogP contribution < -0.4 is 0 Å². The largest absolute Gasteiger partial charge is 0.468 e. The molecule has 0 aromatic heterocycles. The lowest BCUT2D eigenvalue weighted by molar-refractivity contribution is -0.139. The molecule has 82 valence electrons. The zero-order valence-electron chi connectivity index (χ0n) is 7.97. The molecule has 0 bridgehead atoms. The first-order valence-electron chi connectivity index (χ1n) is 4.21. The van der Waals surface area contributed by atoms with Gasteiger partial charge in [0.2, 0.25) is 0 Å². The van der Waals surface area contributed by atoms with Crippen molar-refractivity contribution >= 4 is 53.8 Å². The minimum atomic E-state index is -0.322. The summed E-state index contributed by atoms with van der Waals surface area (Å²) < 4.78 is 6.60. The Morgan fingerprint density at radius 3 is 2.40 bits per heavy atom. The summed E-state index contributed by atoms with van der Waals surface area (Å²) in [5, 5.41) is 0. The molecule has 0 aliphatic carbocycles. The third kappa shape index (κ3) is 3.57. The number of hydrogen-bond donors (Lipinski definition) is 0. The zero-order chi connectivity index (χ0) is 11.4. The summed E-state index contributed by atoms with van der Waals surface area (Å²) in [6.07, 6.45) is 0.578. The molecule has 0 amide bonds. The van der Waals surface area contributed by atoms with Crippen molar-refractivity contribution < 1.29 is 9.53 Å². The van der Waals surface area contributed by atoms with Gasteiger partial charge in [-0.05, 0) is 24.1 Å². The smallest absolute Gasteiger partial charge is 0.319 e. The van der Waals surface area contributed by atoms with Crippen molar-refractivity contribution in [3.05, 3.63) is 32.7 Å². The third-order valence-corrected chi connectivity index (χ3v) is 4.09. The van der Waals surface area contributed by atoms with Gasteiger partial charge in [0.15, 0.2) is 0 Å². The second-order valence-corrected chi connectivity index (χ2v) is 5.71. The average molecular weight is 401 g/mol. The molecule has 1 rings (SSSR count). The van der Waals surface area contributed by atoms with Gasteiger partial charge in [-0.1, -0.05) is 53.9 Å². The van der Waals surface area contributed by atoms with Crippen LogP contribution >= 0.6 is 47.8 Å². The van der Waals surface area contributed by atoms with E-state index in [-0.39, 0.29) is 10.8 Å². The molecule has 0 radical (unpaired) electrons. The molecule has 0 saturated heterocycles. The molecule has 1 unspecified atom stereocenters. The van der Waals surface area contributed by atoms with E-state index in [4.69, 9.17) is 0 Å². The SMILES string of the molecule is COC(=O)C(Br)Cc1c(Br)cccc1Br. The maximum Gasteiger partial charge on any atom is 0.319 e. The van der Waals surface area contributed by atoms with E-state index in [1.807, 2.05) is 18.2 Å². The van der Waals surface area contributed by atoms with E-state index in [2.05, 4.69) is 52.5 Å². The molecule has 0 fully saturated rings. The quantitative estimate of drug-likeness (QED) is 0.571. The normalized spacial score (nSPS) is 12.3. The molecule has 0 aliphatic rings. The average Bonchev–Trinajstić information content (AvgIpc) is 2.22. The molecular weight excluding hydrogens is 392 g/mol. The monoisotopic (exact) mass is 398 g/mol. The Hall–Kier alpha value is 0.130. The molecule has 1 aromatic rings. The maximum atomic E-state index is 11.2. The third-order valence-electron chi connectivity index (χ3n) is 1.90. The van der Waals surface area contributed by atoms with Crippen LogP contribution in [0.5, 0.6) is 0 Å². The van der Waals surface area contributed by atoms with E-state index in [1.54, 1.807) is 0 Å². The van der Waals surface area contributed by atoms with Gasteiger partial charge in [0.25, 0.3) is 0 Å². The number of carbonyl (C=O) groups excluding carboxylic acids is 1. The number of ether oxygens (including phenoxy) is 1. The number of alkyl halides is 1. The number of hydrogen-bond acceptors (Lipinski definition) is 2. The van der Waals surface area contributed by atoms with E-state index in [9.17, 15) is 4.79 Å². The molecule has 0 N–H and O–H groups in total. The van der Waals surface area contributed by atoms with Gasteiger partial charge >= 0.3 is 5.97 Å². The highest BCUT2D eigenvalue weighted by atomic mass is 79.9. The van der Waals surface area contributed by atoms with Gasteiger partial charge in [-0.2, -0.15) is 0 Å². The molecule has 0 spiro atoms. The number of benzene rings is 1. The predicted molar refractivity (Wildman–Crippen MR) is 70.3 cm³/mol. The Bertz CT molecular complexity index is 345. The lowest BCUT2D eigenvalue weighted by atomic mass is 10.1. The van der Waals surface area contributed by atoms with Gasteiger partial charge in [0, 0.05) is 8.95 Å². The van der Waals surface area contributed by atoms with Gasteiger partial charge in [-0.15, -0.1) is 0 Å². The van der Waals surface area contributed by atoms with Gasteiger partial charge in [0.05, 0.1) is 7.11 Å². The topological polar surface area (TPSA) is 26.3 Å². The predicted octanol–water partition coefficient (Wildman–Crippen LogP) is 3.69. The highest BCUT2D eigenvalue weighted by molar-refractivity contribution is 9.11. The highest BCUT2D eigenvalue weighted by Gasteiger charge is 2.18. The first-order chi connectivity index (χ1) is 7.06. The lowest BCUT2D eigenvalue weighted by Crippen LogP contribution is -2.18. The van der Waals surface area contributed by atoms with Crippen LogP contribution in [0.2, 0.25) is 0 Å². The van der Waals surface area contributed by atoms with Gasteiger partial charge < -0.3 is 4.74 Å². The fraction of sp³-hybridized carbons (Fsp3) is 0.300. The minimum absolute atomic E-state index is 0.266. The number of rotatable bonds is 3. The van der Waals surface area contributed by atoms with Crippen molar-refractivity contribution in [3.8, 4) is 0 Å². The fourth-order valence-corrected chi connectivity index (χ4v) is 2.95. The van der Waals surface area contributed by atoms with Crippen molar-refractivity contribution in [2.45, 2.75) is 11.2 Å². The first-order valence-corrected chi connectivity index (χ1v) is 6.71. The van der Waals surface area contributed by atoms with Crippen LogP contribution in [0, 0.1) is 0 Å². The summed E-state index contributed by atoms with van der Waals surface area (Å²) in [6, 6.07) is 5.81. The van der Waals surface area contributed by atoms with Gasteiger partial charge in [-0.25, -0.2) is 0 Å². The van der Waals surface area contributed by atoms with E-state index < -0.39 is 0 Å². The van der Waals surface area contributed by atoms with E-state index in [0.29, 0.717) is 6.42 Å². The summed E-state index contributed by atoms with van der Waals surface area (Å²) in [6.45, 7) is 0. The number of methoxy groups -OCH3 is 1. The fourth-order valence-electron chi connectivity index (χ4n) is 1.12. The molecule has 1 aromatic carbocycles. The van der Waals surface area contributed by atoms with Crippen LogP contribution in [-0.2, 0) is 16.0 Å². The van der Waals surface area contributed by atoms with E-state index >= 15 is 0 Å². The Balaban J connectivity index is 2.85. The van der Waals surface area contributed by atoms with Crippen LogP contribution in [0.15, 0.2) is 27.1 Å². The molecule has 5 heteroatoms.